The largest absolute Gasteiger partial charge is 0.417 e. The van der Waals surface area contributed by atoms with Crippen LogP contribution in [0.1, 0.15) is 25.7 Å². The molecule has 1 aliphatic heterocycles. The molecule has 0 atom stereocenters. The van der Waals surface area contributed by atoms with E-state index in [9.17, 15) is 23.1 Å². The molecule has 1 N–H and O–H groups in total. The maximum Gasteiger partial charge on any atom is 0.417 e. The summed E-state index contributed by atoms with van der Waals surface area (Å²) in [5.41, 5.74) is -2.65. The highest BCUT2D eigenvalue weighted by Crippen LogP contribution is 2.38. The molecule has 0 radical (unpaired) electrons. The highest BCUT2D eigenvalue weighted by Gasteiger charge is 2.54. The summed E-state index contributed by atoms with van der Waals surface area (Å²) in [5, 5.41) is 9.47. The van der Waals surface area contributed by atoms with Crippen molar-refractivity contribution in [2.75, 3.05) is 26.3 Å². The molecule has 1 heterocycles. The van der Waals surface area contributed by atoms with E-state index in [1.807, 2.05) is 0 Å². The Balaban J connectivity index is 1.74. The zero-order chi connectivity index (χ0) is 14.1. The number of carbonyl (C=O) groups excluding carboxylic acids is 1. The third kappa shape index (κ3) is 3.60. The van der Waals surface area contributed by atoms with Gasteiger partial charge in [0.15, 0.2) is 5.60 Å². The molecule has 1 saturated carbocycles. The number of hydrogen-bond acceptors (Lipinski definition) is 3. The molecule has 0 aromatic carbocycles. The fourth-order valence-corrected chi connectivity index (χ4v) is 2.10. The van der Waals surface area contributed by atoms with Gasteiger partial charge in [-0.3, -0.25) is 4.79 Å². The Morgan fingerprint density at radius 2 is 1.89 bits per heavy atom. The van der Waals surface area contributed by atoms with Gasteiger partial charge < -0.3 is 14.7 Å². The van der Waals surface area contributed by atoms with Crippen LogP contribution < -0.4 is 0 Å². The molecule has 2 aliphatic rings. The molecule has 1 aliphatic carbocycles. The van der Waals surface area contributed by atoms with Gasteiger partial charge in [-0.25, -0.2) is 0 Å². The molecule has 19 heavy (non-hydrogen) atoms. The van der Waals surface area contributed by atoms with Crippen LogP contribution in [0.4, 0.5) is 13.2 Å². The minimum atomic E-state index is -4.63. The fraction of sp³-hybridized carbons (Fsp3) is 0.917. The van der Waals surface area contributed by atoms with Crippen molar-refractivity contribution in [1.29, 1.82) is 0 Å². The van der Waals surface area contributed by atoms with E-state index >= 15 is 0 Å². The average Bonchev–Trinajstić information content (AvgIpc) is 3.12. The van der Waals surface area contributed by atoms with Gasteiger partial charge in [0.25, 0.3) is 0 Å². The van der Waals surface area contributed by atoms with Crippen LogP contribution in [0.25, 0.3) is 0 Å². The van der Waals surface area contributed by atoms with Crippen LogP contribution in [0.15, 0.2) is 0 Å². The molecule has 4 nitrogen and oxygen atoms in total. The van der Waals surface area contributed by atoms with Crippen LogP contribution in [-0.4, -0.2) is 54.0 Å². The van der Waals surface area contributed by atoms with Crippen molar-refractivity contribution in [3.05, 3.63) is 0 Å². The van der Waals surface area contributed by atoms with E-state index in [-0.39, 0.29) is 25.6 Å². The second-order valence-corrected chi connectivity index (χ2v) is 5.37. The summed E-state index contributed by atoms with van der Waals surface area (Å²) in [4.78, 5) is 13.0. The lowest BCUT2D eigenvalue weighted by Gasteiger charge is -2.39. The topological polar surface area (TPSA) is 49.8 Å². The number of likely N-dealkylation sites (tertiary alicyclic amines) is 1. The number of amides is 1. The smallest absolute Gasteiger partial charge is 0.380 e. The van der Waals surface area contributed by atoms with E-state index in [0.717, 1.165) is 12.8 Å². The van der Waals surface area contributed by atoms with Crippen molar-refractivity contribution in [1.82, 2.24) is 4.90 Å². The molecule has 1 saturated heterocycles. The Morgan fingerprint density at radius 1 is 1.32 bits per heavy atom. The molecule has 110 valence electrons. The number of alkyl halides is 3. The molecule has 0 aromatic rings. The third-order valence-electron chi connectivity index (χ3n) is 3.75. The first kappa shape index (κ1) is 14.6. The van der Waals surface area contributed by atoms with Gasteiger partial charge in [-0.05, 0) is 18.8 Å². The quantitative estimate of drug-likeness (QED) is 0.845. The molecule has 0 spiro atoms. The predicted molar refractivity (Wildman–Crippen MR) is 60.4 cm³/mol. The SMILES string of the molecule is O=C(COCC1CC1)N1CCC(O)(C(F)(F)F)CC1. The highest BCUT2D eigenvalue weighted by molar-refractivity contribution is 5.77. The summed E-state index contributed by atoms with van der Waals surface area (Å²) in [5.74, 6) is 0.245. The predicted octanol–water partition coefficient (Wildman–Crippen LogP) is 1.33. The Kier molecular flexibility index (Phi) is 4.06. The molecule has 1 amide bonds. The lowest BCUT2D eigenvalue weighted by molar-refractivity contribution is -0.272. The summed E-state index contributed by atoms with van der Waals surface area (Å²) in [7, 11) is 0. The first-order valence-electron chi connectivity index (χ1n) is 6.46. The Bertz CT molecular complexity index is 334. The normalized spacial score (nSPS) is 23.5. The first-order valence-corrected chi connectivity index (χ1v) is 6.46. The lowest BCUT2D eigenvalue weighted by Crippen LogP contribution is -2.54. The Morgan fingerprint density at radius 3 is 2.37 bits per heavy atom. The van der Waals surface area contributed by atoms with Crippen molar-refractivity contribution in [3.63, 3.8) is 0 Å². The van der Waals surface area contributed by atoms with Crippen molar-refractivity contribution in [2.45, 2.75) is 37.5 Å². The van der Waals surface area contributed by atoms with Crippen molar-refractivity contribution in [2.24, 2.45) is 5.92 Å². The number of hydrogen-bond donors (Lipinski definition) is 1. The minimum Gasteiger partial charge on any atom is -0.380 e. The Hall–Kier alpha value is -0.820. The average molecular weight is 281 g/mol. The van der Waals surface area contributed by atoms with E-state index in [1.165, 1.54) is 4.90 Å². The second kappa shape index (κ2) is 5.28. The number of halogens is 3. The van der Waals surface area contributed by atoms with Crippen molar-refractivity contribution >= 4 is 5.91 Å². The maximum absolute atomic E-state index is 12.6. The van der Waals surface area contributed by atoms with Gasteiger partial charge >= 0.3 is 6.18 Å². The maximum atomic E-state index is 12.6. The molecule has 7 heteroatoms. The van der Waals surface area contributed by atoms with Gasteiger partial charge in [0.2, 0.25) is 5.91 Å². The Labute approximate surface area is 109 Å². The van der Waals surface area contributed by atoms with Crippen LogP contribution >= 0.6 is 0 Å². The first-order chi connectivity index (χ1) is 8.82. The van der Waals surface area contributed by atoms with Crippen LogP contribution in [0.2, 0.25) is 0 Å². The summed E-state index contributed by atoms with van der Waals surface area (Å²) >= 11 is 0. The number of piperidine rings is 1. The van der Waals surface area contributed by atoms with Crippen LogP contribution in [0.3, 0.4) is 0 Å². The summed E-state index contributed by atoms with van der Waals surface area (Å²) in [6.45, 7) is 0.302. The van der Waals surface area contributed by atoms with Crippen molar-refractivity contribution < 1.29 is 27.8 Å². The summed E-state index contributed by atoms with van der Waals surface area (Å²) in [6, 6.07) is 0. The molecule has 2 fully saturated rings. The van der Waals surface area contributed by atoms with Gasteiger partial charge in [0.05, 0.1) is 6.61 Å². The van der Waals surface area contributed by atoms with E-state index < -0.39 is 24.6 Å². The van der Waals surface area contributed by atoms with E-state index in [0.29, 0.717) is 12.5 Å². The standard InChI is InChI=1S/C12H18F3NO3/c13-12(14,15)11(18)3-5-16(6-4-11)10(17)8-19-7-9-1-2-9/h9,18H,1-8H2. The zero-order valence-electron chi connectivity index (χ0n) is 10.6. The number of carbonyl (C=O) groups is 1. The van der Waals surface area contributed by atoms with E-state index in [2.05, 4.69) is 0 Å². The van der Waals surface area contributed by atoms with E-state index in [4.69, 9.17) is 4.74 Å². The fourth-order valence-electron chi connectivity index (χ4n) is 2.10. The van der Waals surface area contributed by atoms with E-state index in [1.54, 1.807) is 0 Å². The zero-order valence-corrected chi connectivity index (χ0v) is 10.6. The lowest BCUT2D eigenvalue weighted by atomic mass is 9.91. The molecule has 0 bridgehead atoms. The van der Waals surface area contributed by atoms with Gasteiger partial charge in [-0.2, -0.15) is 13.2 Å². The van der Waals surface area contributed by atoms with Gasteiger partial charge in [-0.15, -0.1) is 0 Å². The van der Waals surface area contributed by atoms with Crippen LogP contribution in [-0.2, 0) is 9.53 Å². The molecule has 2 rings (SSSR count). The number of nitrogens with zero attached hydrogens (tertiary/aromatic N) is 1. The monoisotopic (exact) mass is 281 g/mol. The molecule has 0 unspecified atom stereocenters. The van der Waals surface area contributed by atoms with Gasteiger partial charge in [-0.1, -0.05) is 0 Å². The third-order valence-corrected chi connectivity index (χ3v) is 3.75. The number of aliphatic hydroxyl groups is 1. The van der Waals surface area contributed by atoms with Crippen molar-refractivity contribution in [3.8, 4) is 0 Å². The summed E-state index contributed by atoms with van der Waals surface area (Å²) in [6.07, 6.45) is -3.33. The molecular weight excluding hydrogens is 263 g/mol. The van der Waals surface area contributed by atoms with Crippen LogP contribution in [0.5, 0.6) is 0 Å². The second-order valence-electron chi connectivity index (χ2n) is 5.37. The van der Waals surface area contributed by atoms with Gasteiger partial charge in [0.1, 0.15) is 6.61 Å². The van der Waals surface area contributed by atoms with Gasteiger partial charge in [0, 0.05) is 25.9 Å². The number of ether oxygens (including phenoxy) is 1. The summed E-state index contributed by atoms with van der Waals surface area (Å²) < 4.78 is 42.9. The molecule has 0 aromatic heterocycles. The molecular formula is C12H18F3NO3. The highest BCUT2D eigenvalue weighted by atomic mass is 19.4. The number of rotatable bonds is 4. The van der Waals surface area contributed by atoms with Crippen LogP contribution in [0, 0.1) is 5.92 Å². The minimum absolute atomic E-state index is 0.0817.